The van der Waals surface area contributed by atoms with E-state index in [0.717, 1.165) is 13.2 Å². The SMILES string of the molecule is COC(=O)c1cccc2c1c(/C=C(\C#N)C(=O)OC(C)(C)C)cn2Cc1cc(C(F)(F)F)cc(C(F)(F)F)c1. The lowest BCUT2D eigenvalue weighted by molar-refractivity contribution is -0.149. The van der Waals surface area contributed by atoms with Crippen LogP contribution in [0.25, 0.3) is 17.0 Å². The van der Waals surface area contributed by atoms with E-state index in [0.29, 0.717) is 12.1 Å². The van der Waals surface area contributed by atoms with Crippen LogP contribution in [0.15, 0.2) is 48.2 Å². The summed E-state index contributed by atoms with van der Waals surface area (Å²) in [5.41, 5.74) is -4.29. The highest BCUT2D eigenvalue weighted by Crippen LogP contribution is 2.37. The first-order chi connectivity index (χ1) is 17.9. The van der Waals surface area contributed by atoms with E-state index < -0.39 is 53.1 Å². The summed E-state index contributed by atoms with van der Waals surface area (Å²) in [6, 6.07) is 7.27. The van der Waals surface area contributed by atoms with Crippen molar-refractivity contribution in [2.24, 2.45) is 0 Å². The number of alkyl halides is 6. The standard InChI is InChI=1S/C27H22F6N2O4/c1-25(2,3)39-23(36)16(12-34)10-17-14-35(21-7-5-6-20(22(17)21)24(37)38-4)13-15-8-18(26(28,29)30)11-19(9-15)27(31,32)33/h5-11,14H,13H2,1-4H3/b16-10+. The molecule has 2 aromatic carbocycles. The fourth-order valence-corrected chi connectivity index (χ4v) is 3.84. The van der Waals surface area contributed by atoms with Gasteiger partial charge in [0.15, 0.2) is 0 Å². The van der Waals surface area contributed by atoms with Crippen LogP contribution in [0, 0.1) is 11.3 Å². The summed E-state index contributed by atoms with van der Waals surface area (Å²) in [4.78, 5) is 25.0. The minimum Gasteiger partial charge on any atom is -0.465 e. The maximum Gasteiger partial charge on any atom is 0.416 e. The number of rotatable bonds is 5. The number of carbonyl (C=O) groups excluding carboxylic acids is 2. The van der Waals surface area contributed by atoms with Crippen LogP contribution in [0.3, 0.4) is 0 Å². The molecule has 39 heavy (non-hydrogen) atoms. The molecule has 0 amide bonds. The maximum absolute atomic E-state index is 13.4. The Morgan fingerprint density at radius 3 is 2.08 bits per heavy atom. The van der Waals surface area contributed by atoms with Crippen molar-refractivity contribution in [1.29, 1.82) is 5.26 Å². The lowest BCUT2D eigenvalue weighted by Crippen LogP contribution is -2.24. The van der Waals surface area contributed by atoms with Gasteiger partial charge in [-0.1, -0.05) is 6.07 Å². The molecule has 12 heteroatoms. The van der Waals surface area contributed by atoms with Crippen LogP contribution in [0.1, 0.15) is 53.4 Å². The zero-order valence-corrected chi connectivity index (χ0v) is 21.1. The number of halogens is 6. The molecule has 0 saturated heterocycles. The highest BCUT2D eigenvalue weighted by Gasteiger charge is 2.37. The van der Waals surface area contributed by atoms with E-state index >= 15 is 0 Å². The molecule has 0 aliphatic heterocycles. The molecule has 0 N–H and O–H groups in total. The topological polar surface area (TPSA) is 81.3 Å². The van der Waals surface area contributed by atoms with Crippen LogP contribution in [0.4, 0.5) is 26.3 Å². The van der Waals surface area contributed by atoms with Gasteiger partial charge in [-0.25, -0.2) is 9.59 Å². The highest BCUT2D eigenvalue weighted by atomic mass is 19.4. The molecule has 0 atom stereocenters. The number of esters is 2. The Kier molecular flexibility index (Phi) is 7.87. The summed E-state index contributed by atoms with van der Waals surface area (Å²) < 4.78 is 91.6. The number of benzene rings is 2. The second kappa shape index (κ2) is 10.5. The van der Waals surface area contributed by atoms with E-state index in [1.807, 2.05) is 0 Å². The van der Waals surface area contributed by atoms with E-state index in [1.54, 1.807) is 26.8 Å². The molecule has 206 valence electrons. The molecule has 0 spiro atoms. The number of ether oxygens (including phenoxy) is 2. The third kappa shape index (κ3) is 6.79. The molecule has 0 radical (unpaired) electrons. The van der Waals surface area contributed by atoms with Gasteiger partial charge in [0.2, 0.25) is 0 Å². The minimum atomic E-state index is -5.03. The van der Waals surface area contributed by atoms with Gasteiger partial charge < -0.3 is 14.0 Å². The molecule has 0 saturated carbocycles. The molecule has 0 unspecified atom stereocenters. The van der Waals surface area contributed by atoms with Crippen LogP contribution < -0.4 is 0 Å². The number of carbonyl (C=O) groups is 2. The van der Waals surface area contributed by atoms with E-state index in [4.69, 9.17) is 9.47 Å². The minimum absolute atomic E-state index is 0.00139. The van der Waals surface area contributed by atoms with Crippen molar-refractivity contribution in [3.05, 3.63) is 76.0 Å². The van der Waals surface area contributed by atoms with Gasteiger partial charge >= 0.3 is 24.3 Å². The molecule has 0 fully saturated rings. The highest BCUT2D eigenvalue weighted by molar-refractivity contribution is 6.09. The van der Waals surface area contributed by atoms with Crippen molar-refractivity contribution in [3.8, 4) is 6.07 Å². The number of nitriles is 1. The predicted molar refractivity (Wildman–Crippen MR) is 128 cm³/mol. The Labute approximate surface area is 219 Å². The lowest BCUT2D eigenvalue weighted by Gasteiger charge is -2.18. The van der Waals surface area contributed by atoms with Gasteiger partial charge in [-0.05, 0) is 62.7 Å². The van der Waals surface area contributed by atoms with E-state index in [9.17, 15) is 41.2 Å². The first-order valence-corrected chi connectivity index (χ1v) is 11.3. The van der Waals surface area contributed by atoms with Gasteiger partial charge in [0.1, 0.15) is 17.2 Å². The molecule has 0 bridgehead atoms. The van der Waals surface area contributed by atoms with Crippen molar-refractivity contribution in [2.45, 2.75) is 45.3 Å². The van der Waals surface area contributed by atoms with E-state index in [-0.39, 0.29) is 33.7 Å². The fourth-order valence-electron chi connectivity index (χ4n) is 3.84. The van der Waals surface area contributed by atoms with Crippen LogP contribution in [0.2, 0.25) is 0 Å². The fraction of sp³-hybridized carbons (Fsp3) is 0.296. The Bertz CT molecular complexity index is 1470. The van der Waals surface area contributed by atoms with Gasteiger partial charge in [-0.15, -0.1) is 0 Å². The van der Waals surface area contributed by atoms with E-state index in [2.05, 4.69) is 0 Å². The molecular formula is C27H22F6N2O4. The Hall–Kier alpha value is -4.27. The van der Waals surface area contributed by atoms with Crippen molar-refractivity contribution >= 4 is 28.9 Å². The van der Waals surface area contributed by atoms with Crippen LogP contribution in [-0.4, -0.2) is 29.2 Å². The van der Waals surface area contributed by atoms with Crippen molar-refractivity contribution in [3.63, 3.8) is 0 Å². The summed E-state index contributed by atoms with van der Waals surface area (Å²) >= 11 is 0. The third-order valence-electron chi connectivity index (χ3n) is 5.38. The summed E-state index contributed by atoms with van der Waals surface area (Å²) in [5, 5.41) is 9.75. The Morgan fingerprint density at radius 2 is 1.59 bits per heavy atom. The first-order valence-electron chi connectivity index (χ1n) is 11.3. The Morgan fingerprint density at radius 1 is 1.00 bits per heavy atom. The van der Waals surface area contributed by atoms with Crippen LogP contribution in [-0.2, 0) is 33.2 Å². The summed E-state index contributed by atoms with van der Waals surface area (Å²) in [7, 11) is 1.12. The first kappa shape index (κ1) is 29.3. The normalized spacial score (nSPS) is 12.8. The van der Waals surface area contributed by atoms with Gasteiger partial charge in [0, 0.05) is 29.2 Å². The molecule has 6 nitrogen and oxygen atoms in total. The molecule has 0 aliphatic carbocycles. The number of hydrogen-bond donors (Lipinski definition) is 0. The zero-order valence-electron chi connectivity index (χ0n) is 21.1. The molecule has 1 aromatic heterocycles. The average Bonchev–Trinajstić information content (AvgIpc) is 3.16. The van der Waals surface area contributed by atoms with Crippen LogP contribution >= 0.6 is 0 Å². The van der Waals surface area contributed by atoms with Crippen molar-refractivity contribution < 1.29 is 45.4 Å². The Balaban J connectivity index is 2.25. The predicted octanol–water partition coefficient (Wildman–Crippen LogP) is 6.76. The summed E-state index contributed by atoms with van der Waals surface area (Å²) in [6.07, 6.45) is -7.62. The largest absolute Gasteiger partial charge is 0.465 e. The number of methoxy groups -OCH3 is 1. The summed E-state index contributed by atoms with van der Waals surface area (Å²) in [5.74, 6) is -1.75. The van der Waals surface area contributed by atoms with Crippen molar-refractivity contribution in [1.82, 2.24) is 4.57 Å². The second-order valence-electron chi connectivity index (χ2n) is 9.49. The lowest BCUT2D eigenvalue weighted by atomic mass is 10.0. The molecule has 3 aromatic rings. The molecule has 1 heterocycles. The number of hydrogen-bond acceptors (Lipinski definition) is 5. The smallest absolute Gasteiger partial charge is 0.416 e. The monoisotopic (exact) mass is 552 g/mol. The number of aromatic nitrogens is 1. The quantitative estimate of drug-likeness (QED) is 0.151. The second-order valence-corrected chi connectivity index (χ2v) is 9.49. The van der Waals surface area contributed by atoms with Gasteiger partial charge in [0.25, 0.3) is 0 Å². The molecule has 3 rings (SSSR count). The summed E-state index contributed by atoms with van der Waals surface area (Å²) in [6.45, 7) is 4.30. The zero-order chi connectivity index (χ0) is 29.3. The van der Waals surface area contributed by atoms with E-state index in [1.165, 1.54) is 29.0 Å². The van der Waals surface area contributed by atoms with Gasteiger partial charge in [0.05, 0.1) is 23.8 Å². The van der Waals surface area contributed by atoms with Gasteiger partial charge in [-0.2, -0.15) is 31.6 Å². The maximum atomic E-state index is 13.4. The van der Waals surface area contributed by atoms with Gasteiger partial charge in [-0.3, -0.25) is 0 Å². The third-order valence-corrected chi connectivity index (χ3v) is 5.38. The molecule has 0 aliphatic rings. The van der Waals surface area contributed by atoms with Crippen molar-refractivity contribution in [2.75, 3.05) is 7.11 Å². The van der Waals surface area contributed by atoms with Crippen LogP contribution in [0.5, 0.6) is 0 Å². The number of nitrogens with zero attached hydrogens (tertiary/aromatic N) is 2. The molecular weight excluding hydrogens is 530 g/mol. The number of fused-ring (bicyclic) bond motifs is 1. The average molecular weight is 552 g/mol.